The first-order valence-electron chi connectivity index (χ1n) is 8.44. The molecule has 0 spiro atoms. The molecule has 1 aliphatic carbocycles. The predicted octanol–water partition coefficient (Wildman–Crippen LogP) is 3.01. The molecule has 2 aliphatic rings. The summed E-state index contributed by atoms with van der Waals surface area (Å²) in [4.78, 5) is 0.379. The van der Waals surface area contributed by atoms with Gasteiger partial charge in [0.1, 0.15) is 0 Å². The standard InChI is InChI=1S/C18H25NO3S/c1-14-7-11-17(12-8-14)23(21,22)19-13-3-6-18(19)15-4-2-5-16(20)10-9-15/h7-9,11-12,16,18,20H,2-6,10,13H2,1H3/t16?,18-/m1/s1. The average Bonchev–Trinajstić information content (AvgIpc) is 2.92. The fourth-order valence-corrected chi connectivity index (χ4v) is 5.29. The van der Waals surface area contributed by atoms with Crippen molar-refractivity contribution >= 4 is 10.0 Å². The van der Waals surface area contributed by atoms with Crippen LogP contribution in [0, 0.1) is 6.92 Å². The molecule has 1 unspecified atom stereocenters. The summed E-state index contributed by atoms with van der Waals surface area (Å²) >= 11 is 0. The lowest BCUT2D eigenvalue weighted by Gasteiger charge is -2.26. The van der Waals surface area contributed by atoms with Crippen molar-refractivity contribution in [3.05, 3.63) is 41.5 Å². The number of hydrogen-bond acceptors (Lipinski definition) is 3. The quantitative estimate of drug-likeness (QED) is 0.864. The highest BCUT2D eigenvalue weighted by Gasteiger charge is 2.37. The van der Waals surface area contributed by atoms with Crippen molar-refractivity contribution in [3.63, 3.8) is 0 Å². The number of benzene rings is 1. The molecule has 0 saturated carbocycles. The molecule has 1 aromatic rings. The van der Waals surface area contributed by atoms with Crippen molar-refractivity contribution in [2.24, 2.45) is 0 Å². The molecule has 23 heavy (non-hydrogen) atoms. The molecule has 126 valence electrons. The van der Waals surface area contributed by atoms with Crippen LogP contribution in [0.1, 0.15) is 44.1 Å². The molecule has 1 N–H and O–H groups in total. The van der Waals surface area contributed by atoms with E-state index < -0.39 is 10.0 Å². The lowest BCUT2D eigenvalue weighted by Crippen LogP contribution is -2.36. The molecule has 1 fully saturated rings. The Morgan fingerprint density at radius 3 is 2.61 bits per heavy atom. The van der Waals surface area contributed by atoms with Gasteiger partial charge in [-0.05, 0) is 57.6 Å². The van der Waals surface area contributed by atoms with Gasteiger partial charge < -0.3 is 5.11 Å². The van der Waals surface area contributed by atoms with E-state index >= 15 is 0 Å². The Kier molecular flexibility index (Phi) is 4.90. The molecule has 1 saturated heterocycles. The van der Waals surface area contributed by atoms with Crippen molar-refractivity contribution in [2.45, 2.75) is 62.5 Å². The van der Waals surface area contributed by atoms with Gasteiger partial charge in [-0.15, -0.1) is 0 Å². The van der Waals surface area contributed by atoms with E-state index in [1.54, 1.807) is 16.4 Å². The number of nitrogens with zero attached hydrogens (tertiary/aromatic N) is 1. The Labute approximate surface area is 138 Å². The van der Waals surface area contributed by atoms with E-state index in [4.69, 9.17) is 0 Å². The van der Waals surface area contributed by atoms with Crippen molar-refractivity contribution in [2.75, 3.05) is 6.54 Å². The fourth-order valence-electron chi connectivity index (χ4n) is 3.60. The van der Waals surface area contributed by atoms with Gasteiger partial charge in [-0.25, -0.2) is 8.42 Å². The summed E-state index contributed by atoms with van der Waals surface area (Å²) in [6, 6.07) is 7.06. The third kappa shape index (κ3) is 3.52. The van der Waals surface area contributed by atoms with Crippen LogP contribution in [0.25, 0.3) is 0 Å². The van der Waals surface area contributed by atoms with Crippen molar-refractivity contribution in [3.8, 4) is 0 Å². The second-order valence-corrected chi connectivity index (χ2v) is 8.54. The molecule has 1 heterocycles. The summed E-state index contributed by atoms with van der Waals surface area (Å²) in [7, 11) is -3.45. The van der Waals surface area contributed by atoms with Crippen LogP contribution >= 0.6 is 0 Å². The molecule has 0 aromatic heterocycles. The summed E-state index contributed by atoms with van der Waals surface area (Å²) in [6.07, 6.45) is 6.84. The third-order valence-corrected chi connectivity index (χ3v) is 6.84. The first-order chi connectivity index (χ1) is 11.0. The number of aliphatic hydroxyl groups excluding tert-OH is 1. The second-order valence-electron chi connectivity index (χ2n) is 6.65. The van der Waals surface area contributed by atoms with Gasteiger partial charge in [0.05, 0.1) is 11.0 Å². The van der Waals surface area contributed by atoms with Crippen LogP contribution in [0.4, 0.5) is 0 Å². The molecular formula is C18H25NO3S. The molecular weight excluding hydrogens is 310 g/mol. The van der Waals surface area contributed by atoms with Crippen LogP contribution in [0.2, 0.25) is 0 Å². The minimum atomic E-state index is -3.45. The molecule has 0 amide bonds. The molecule has 2 atom stereocenters. The van der Waals surface area contributed by atoms with Gasteiger partial charge in [-0.1, -0.05) is 29.3 Å². The first kappa shape index (κ1) is 16.7. The zero-order valence-corrected chi connectivity index (χ0v) is 14.4. The molecule has 0 bridgehead atoms. The Morgan fingerprint density at radius 2 is 1.87 bits per heavy atom. The van der Waals surface area contributed by atoms with E-state index in [2.05, 4.69) is 6.08 Å². The van der Waals surface area contributed by atoms with E-state index in [0.29, 0.717) is 17.9 Å². The summed E-state index contributed by atoms with van der Waals surface area (Å²) in [6.45, 7) is 2.54. The highest BCUT2D eigenvalue weighted by Crippen LogP contribution is 2.33. The molecule has 4 nitrogen and oxygen atoms in total. The van der Waals surface area contributed by atoms with Gasteiger partial charge >= 0.3 is 0 Å². The third-order valence-electron chi connectivity index (χ3n) is 4.91. The maximum absolute atomic E-state index is 13.0. The number of aliphatic hydroxyl groups is 1. The van der Waals surface area contributed by atoms with Gasteiger partial charge in [-0.2, -0.15) is 4.31 Å². The highest BCUT2D eigenvalue weighted by atomic mass is 32.2. The van der Waals surface area contributed by atoms with E-state index in [-0.39, 0.29) is 12.1 Å². The van der Waals surface area contributed by atoms with E-state index in [9.17, 15) is 13.5 Å². The van der Waals surface area contributed by atoms with Crippen molar-refractivity contribution in [1.82, 2.24) is 4.31 Å². The SMILES string of the molecule is Cc1ccc(S(=O)(=O)N2CCC[C@@H]2C2=CCC(O)CCC2)cc1. The Morgan fingerprint density at radius 1 is 1.13 bits per heavy atom. The monoisotopic (exact) mass is 335 g/mol. The number of sulfonamides is 1. The van der Waals surface area contributed by atoms with Crippen molar-refractivity contribution in [1.29, 1.82) is 0 Å². The van der Waals surface area contributed by atoms with Gasteiger partial charge in [0.25, 0.3) is 0 Å². The van der Waals surface area contributed by atoms with Crippen LogP contribution in [-0.4, -0.2) is 36.5 Å². The normalized spacial score (nSPS) is 26.8. The molecule has 1 aromatic carbocycles. The molecule has 1 aliphatic heterocycles. The summed E-state index contributed by atoms with van der Waals surface area (Å²) < 4.78 is 27.7. The topological polar surface area (TPSA) is 57.6 Å². The molecule has 3 rings (SSSR count). The van der Waals surface area contributed by atoms with Crippen LogP contribution < -0.4 is 0 Å². The van der Waals surface area contributed by atoms with Gasteiger partial charge in [0.15, 0.2) is 0 Å². The molecule has 5 heteroatoms. The number of rotatable bonds is 3. The molecule has 0 radical (unpaired) electrons. The smallest absolute Gasteiger partial charge is 0.243 e. The van der Waals surface area contributed by atoms with Crippen LogP contribution in [0.15, 0.2) is 40.8 Å². The van der Waals surface area contributed by atoms with Crippen LogP contribution in [0.3, 0.4) is 0 Å². The van der Waals surface area contributed by atoms with E-state index in [0.717, 1.165) is 37.7 Å². The Bertz CT molecular complexity index is 679. The lowest BCUT2D eigenvalue weighted by molar-refractivity contribution is 0.167. The zero-order chi connectivity index (χ0) is 16.4. The van der Waals surface area contributed by atoms with E-state index in [1.807, 2.05) is 19.1 Å². The summed E-state index contributed by atoms with van der Waals surface area (Å²) in [5.74, 6) is 0. The Balaban J connectivity index is 1.87. The predicted molar refractivity (Wildman–Crippen MR) is 90.7 cm³/mol. The van der Waals surface area contributed by atoms with Crippen molar-refractivity contribution < 1.29 is 13.5 Å². The maximum Gasteiger partial charge on any atom is 0.243 e. The summed E-state index contributed by atoms with van der Waals surface area (Å²) in [5, 5.41) is 9.80. The van der Waals surface area contributed by atoms with Crippen LogP contribution in [0.5, 0.6) is 0 Å². The Hall–Kier alpha value is -1.17. The van der Waals surface area contributed by atoms with Gasteiger partial charge in [-0.3, -0.25) is 0 Å². The maximum atomic E-state index is 13.0. The second kappa shape index (κ2) is 6.75. The van der Waals surface area contributed by atoms with Crippen LogP contribution in [-0.2, 0) is 10.0 Å². The minimum absolute atomic E-state index is 0.0356. The van der Waals surface area contributed by atoms with E-state index in [1.165, 1.54) is 5.57 Å². The largest absolute Gasteiger partial charge is 0.393 e. The lowest BCUT2D eigenvalue weighted by atomic mass is 10.0. The number of hydrogen-bond donors (Lipinski definition) is 1. The minimum Gasteiger partial charge on any atom is -0.393 e. The fraction of sp³-hybridized carbons (Fsp3) is 0.556. The summed E-state index contributed by atoms with van der Waals surface area (Å²) in [5.41, 5.74) is 2.25. The first-order valence-corrected chi connectivity index (χ1v) is 9.88. The average molecular weight is 335 g/mol. The zero-order valence-electron chi connectivity index (χ0n) is 13.6. The van der Waals surface area contributed by atoms with Gasteiger partial charge in [0.2, 0.25) is 10.0 Å². The highest BCUT2D eigenvalue weighted by molar-refractivity contribution is 7.89. The van der Waals surface area contributed by atoms with Gasteiger partial charge in [0, 0.05) is 12.6 Å². The number of aryl methyl sites for hydroxylation is 1.